The zero-order valence-corrected chi connectivity index (χ0v) is 12.4. The monoisotopic (exact) mass is 279 g/mol. The highest BCUT2D eigenvalue weighted by Gasteiger charge is 2.39. The van der Waals surface area contributed by atoms with Crippen LogP contribution in [-0.4, -0.2) is 40.1 Å². The molecule has 0 aliphatic carbocycles. The van der Waals surface area contributed by atoms with Crippen LogP contribution in [0.2, 0.25) is 0 Å². The topological polar surface area (TPSA) is 40.5 Å². The van der Waals surface area contributed by atoms with Crippen LogP contribution in [0.4, 0.5) is 0 Å². The van der Waals surface area contributed by atoms with Crippen molar-refractivity contribution in [1.82, 2.24) is 4.90 Å². The van der Waals surface area contributed by atoms with Gasteiger partial charge in [0.15, 0.2) is 0 Å². The molecule has 1 aliphatic rings. The van der Waals surface area contributed by atoms with Crippen LogP contribution >= 0.6 is 11.8 Å². The van der Waals surface area contributed by atoms with E-state index in [4.69, 9.17) is 0 Å². The largest absolute Gasteiger partial charge is 0.380 e. The molecule has 1 aromatic rings. The second kappa shape index (κ2) is 5.97. The standard InChI is InChI=1S/C15H21NO2S/c1-12-3-5-13(6-4-12)11-16(2)14(17)15(18)7-9-19-10-8-15/h3-6,18H,7-11H2,1-2H3. The molecule has 1 saturated heterocycles. The first-order valence-corrected chi connectivity index (χ1v) is 7.78. The Morgan fingerprint density at radius 3 is 2.47 bits per heavy atom. The molecule has 0 bridgehead atoms. The van der Waals surface area contributed by atoms with Crippen molar-refractivity contribution in [3.05, 3.63) is 35.4 Å². The van der Waals surface area contributed by atoms with Crippen LogP contribution in [0, 0.1) is 6.92 Å². The number of benzene rings is 1. The van der Waals surface area contributed by atoms with Crippen molar-refractivity contribution < 1.29 is 9.90 Å². The summed E-state index contributed by atoms with van der Waals surface area (Å²) < 4.78 is 0. The van der Waals surface area contributed by atoms with E-state index in [0.717, 1.165) is 17.1 Å². The average molecular weight is 279 g/mol. The molecule has 19 heavy (non-hydrogen) atoms. The fraction of sp³-hybridized carbons (Fsp3) is 0.533. The van der Waals surface area contributed by atoms with E-state index in [2.05, 4.69) is 0 Å². The molecule has 1 aliphatic heterocycles. The molecule has 0 atom stereocenters. The molecule has 1 amide bonds. The maximum atomic E-state index is 12.4. The Hall–Kier alpha value is -1.00. The van der Waals surface area contributed by atoms with Crippen LogP contribution in [0.25, 0.3) is 0 Å². The van der Waals surface area contributed by atoms with Gasteiger partial charge in [0.2, 0.25) is 0 Å². The number of amides is 1. The van der Waals surface area contributed by atoms with Gasteiger partial charge in [0, 0.05) is 13.6 Å². The molecule has 0 radical (unpaired) electrons. The van der Waals surface area contributed by atoms with Crippen LogP contribution in [0.15, 0.2) is 24.3 Å². The maximum Gasteiger partial charge on any atom is 0.254 e. The number of aryl methyl sites for hydroxylation is 1. The first-order chi connectivity index (χ1) is 9.01. The van der Waals surface area contributed by atoms with Gasteiger partial charge in [-0.1, -0.05) is 29.8 Å². The van der Waals surface area contributed by atoms with Crippen LogP contribution < -0.4 is 0 Å². The summed E-state index contributed by atoms with van der Waals surface area (Å²) in [6.07, 6.45) is 1.13. The second-order valence-corrected chi connectivity index (χ2v) is 6.52. The summed E-state index contributed by atoms with van der Waals surface area (Å²) in [5.74, 6) is 1.58. The Kier molecular flexibility index (Phi) is 4.53. The van der Waals surface area contributed by atoms with Gasteiger partial charge in [0.25, 0.3) is 5.91 Å². The molecule has 1 heterocycles. The van der Waals surface area contributed by atoms with Gasteiger partial charge in [-0.15, -0.1) is 0 Å². The van der Waals surface area contributed by atoms with Crippen LogP contribution in [0.1, 0.15) is 24.0 Å². The molecule has 104 valence electrons. The molecule has 3 nitrogen and oxygen atoms in total. The Labute approximate surface area is 119 Å². The lowest BCUT2D eigenvalue weighted by Gasteiger charge is -2.34. The number of carbonyl (C=O) groups excluding carboxylic acids is 1. The minimum Gasteiger partial charge on any atom is -0.380 e. The number of likely N-dealkylation sites (N-methyl/N-ethyl adjacent to an activating group) is 1. The average Bonchev–Trinajstić information content (AvgIpc) is 2.41. The maximum absolute atomic E-state index is 12.4. The Bertz CT molecular complexity index is 438. The van der Waals surface area contributed by atoms with Gasteiger partial charge in [-0.25, -0.2) is 0 Å². The third kappa shape index (κ3) is 3.51. The third-order valence-electron chi connectivity index (χ3n) is 3.61. The van der Waals surface area contributed by atoms with Gasteiger partial charge in [0.05, 0.1) is 0 Å². The van der Waals surface area contributed by atoms with Gasteiger partial charge in [-0.3, -0.25) is 4.79 Å². The minimum absolute atomic E-state index is 0.145. The van der Waals surface area contributed by atoms with Crippen molar-refractivity contribution in [2.75, 3.05) is 18.6 Å². The predicted molar refractivity (Wildman–Crippen MR) is 79.2 cm³/mol. The highest BCUT2D eigenvalue weighted by molar-refractivity contribution is 7.99. The summed E-state index contributed by atoms with van der Waals surface area (Å²) in [6, 6.07) is 8.14. The third-order valence-corrected chi connectivity index (χ3v) is 4.59. The molecule has 0 aromatic heterocycles. The quantitative estimate of drug-likeness (QED) is 0.922. The van der Waals surface area contributed by atoms with E-state index in [9.17, 15) is 9.90 Å². The number of aliphatic hydroxyl groups is 1. The van der Waals surface area contributed by atoms with Gasteiger partial charge in [-0.2, -0.15) is 11.8 Å². The summed E-state index contributed by atoms with van der Waals surface area (Å²) in [6.45, 7) is 2.59. The summed E-state index contributed by atoms with van der Waals surface area (Å²) in [7, 11) is 1.77. The van der Waals surface area contributed by atoms with E-state index in [0.29, 0.717) is 19.4 Å². The van der Waals surface area contributed by atoms with Crippen LogP contribution in [0.3, 0.4) is 0 Å². The number of hydrogen-bond acceptors (Lipinski definition) is 3. The van der Waals surface area contributed by atoms with Crippen molar-refractivity contribution in [1.29, 1.82) is 0 Å². The Morgan fingerprint density at radius 2 is 1.89 bits per heavy atom. The highest BCUT2D eigenvalue weighted by atomic mass is 32.2. The van der Waals surface area contributed by atoms with Crippen molar-refractivity contribution in [3.8, 4) is 0 Å². The van der Waals surface area contributed by atoms with Crippen LogP contribution in [0.5, 0.6) is 0 Å². The molecular weight excluding hydrogens is 258 g/mol. The number of carbonyl (C=O) groups is 1. The van der Waals surface area contributed by atoms with Gasteiger partial charge in [0.1, 0.15) is 5.60 Å². The highest BCUT2D eigenvalue weighted by Crippen LogP contribution is 2.28. The fourth-order valence-corrected chi connectivity index (χ4v) is 3.49. The molecule has 0 saturated carbocycles. The van der Waals surface area contributed by atoms with Crippen molar-refractivity contribution in [2.45, 2.75) is 31.9 Å². The van der Waals surface area contributed by atoms with Crippen molar-refractivity contribution in [2.24, 2.45) is 0 Å². The van der Waals surface area contributed by atoms with E-state index in [1.165, 1.54) is 5.56 Å². The van der Waals surface area contributed by atoms with Gasteiger partial charge in [-0.05, 0) is 36.8 Å². The first-order valence-electron chi connectivity index (χ1n) is 6.62. The zero-order valence-electron chi connectivity index (χ0n) is 11.6. The predicted octanol–water partition coefficient (Wildman–Crippen LogP) is 2.21. The molecular formula is C15H21NO2S. The van der Waals surface area contributed by atoms with Gasteiger partial charge >= 0.3 is 0 Å². The first kappa shape index (κ1) is 14.4. The van der Waals surface area contributed by atoms with E-state index < -0.39 is 5.60 Å². The van der Waals surface area contributed by atoms with E-state index >= 15 is 0 Å². The van der Waals surface area contributed by atoms with Crippen molar-refractivity contribution in [3.63, 3.8) is 0 Å². The van der Waals surface area contributed by atoms with E-state index in [-0.39, 0.29) is 5.91 Å². The molecule has 1 N–H and O–H groups in total. The van der Waals surface area contributed by atoms with E-state index in [1.807, 2.05) is 31.2 Å². The lowest BCUT2D eigenvalue weighted by molar-refractivity contribution is -0.151. The molecule has 0 unspecified atom stereocenters. The number of thioether (sulfide) groups is 1. The molecule has 1 aromatic carbocycles. The normalized spacial score (nSPS) is 18.1. The SMILES string of the molecule is Cc1ccc(CN(C)C(=O)C2(O)CCSCC2)cc1. The lowest BCUT2D eigenvalue weighted by atomic mass is 9.95. The van der Waals surface area contributed by atoms with E-state index in [1.54, 1.807) is 23.7 Å². The number of hydrogen-bond donors (Lipinski definition) is 1. The summed E-state index contributed by atoms with van der Waals surface area (Å²) in [5.41, 5.74) is 1.15. The summed E-state index contributed by atoms with van der Waals surface area (Å²) >= 11 is 1.80. The Balaban J connectivity index is 2.00. The van der Waals surface area contributed by atoms with Crippen LogP contribution in [-0.2, 0) is 11.3 Å². The van der Waals surface area contributed by atoms with Crippen molar-refractivity contribution >= 4 is 17.7 Å². The number of rotatable bonds is 3. The molecule has 1 fully saturated rings. The minimum atomic E-state index is -1.15. The fourth-order valence-electron chi connectivity index (χ4n) is 2.32. The smallest absolute Gasteiger partial charge is 0.254 e. The molecule has 2 rings (SSSR count). The van der Waals surface area contributed by atoms with Gasteiger partial charge < -0.3 is 10.0 Å². The second-order valence-electron chi connectivity index (χ2n) is 5.29. The molecule has 0 spiro atoms. The number of nitrogens with zero attached hydrogens (tertiary/aromatic N) is 1. The summed E-state index contributed by atoms with van der Waals surface area (Å²) in [4.78, 5) is 14.0. The Morgan fingerprint density at radius 1 is 1.32 bits per heavy atom. The summed E-state index contributed by atoms with van der Waals surface area (Å²) in [5, 5.41) is 10.4. The molecule has 4 heteroatoms. The lowest BCUT2D eigenvalue weighted by Crippen LogP contribution is -2.49. The zero-order chi connectivity index (χ0) is 13.9.